The number of carbonyl (C=O) groups excluding carboxylic acids is 1. The maximum atomic E-state index is 12.1. The number of methoxy groups -OCH3 is 1. The number of ether oxygens (including phenoxy) is 2. The van der Waals surface area contributed by atoms with Gasteiger partial charge < -0.3 is 9.47 Å². The van der Waals surface area contributed by atoms with E-state index in [0.717, 1.165) is 6.42 Å². The Balaban J connectivity index is 2.47. The molecule has 1 aliphatic heterocycles. The van der Waals surface area contributed by atoms with Gasteiger partial charge in [-0.2, -0.15) is 0 Å². The van der Waals surface area contributed by atoms with Gasteiger partial charge in [0, 0.05) is 0 Å². The molecule has 1 atom stereocenters. The van der Waals surface area contributed by atoms with Crippen molar-refractivity contribution in [3.05, 3.63) is 34.9 Å². The number of esters is 1. The zero-order valence-corrected chi connectivity index (χ0v) is 12.2. The molecule has 104 valence electrons. The highest BCUT2D eigenvalue weighted by Crippen LogP contribution is 2.43. The summed E-state index contributed by atoms with van der Waals surface area (Å²) < 4.78 is 10.4. The third-order valence-electron chi connectivity index (χ3n) is 4.21. The predicted octanol–water partition coefficient (Wildman–Crippen LogP) is 2.77. The Kier molecular flexibility index (Phi) is 3.95. The van der Waals surface area contributed by atoms with Crippen LogP contribution < -0.4 is 0 Å². The summed E-state index contributed by atoms with van der Waals surface area (Å²) in [5.74, 6) is -0.265. The molecule has 1 heterocycles. The van der Waals surface area contributed by atoms with Crippen LogP contribution in [0.3, 0.4) is 0 Å². The monoisotopic (exact) mass is 262 g/mol. The molecule has 0 saturated carbocycles. The Morgan fingerprint density at radius 3 is 2.58 bits per heavy atom. The quantitative estimate of drug-likeness (QED) is 0.783. The lowest BCUT2D eigenvalue weighted by molar-refractivity contribution is -0.160. The van der Waals surface area contributed by atoms with Crippen LogP contribution in [0.25, 0.3) is 0 Å². The van der Waals surface area contributed by atoms with E-state index in [2.05, 4.69) is 32.0 Å². The number of carbonyl (C=O) groups is 1. The molecule has 0 aromatic heterocycles. The highest BCUT2D eigenvalue weighted by atomic mass is 16.5. The Morgan fingerprint density at radius 1 is 1.42 bits per heavy atom. The highest BCUT2D eigenvalue weighted by molar-refractivity contribution is 5.75. The number of hydrogen-bond acceptors (Lipinski definition) is 3. The first-order chi connectivity index (χ1) is 9.05. The van der Waals surface area contributed by atoms with Gasteiger partial charge in [0.15, 0.2) is 0 Å². The van der Waals surface area contributed by atoms with Crippen molar-refractivity contribution in [2.45, 2.75) is 32.6 Å². The lowest BCUT2D eigenvalue weighted by Gasteiger charge is -2.47. The molecule has 0 bridgehead atoms. The Hall–Kier alpha value is -1.35. The van der Waals surface area contributed by atoms with Crippen molar-refractivity contribution in [1.82, 2.24) is 0 Å². The van der Waals surface area contributed by atoms with E-state index in [1.807, 2.05) is 6.92 Å². The maximum Gasteiger partial charge on any atom is 0.309 e. The zero-order valence-electron chi connectivity index (χ0n) is 12.2. The molecule has 3 nitrogen and oxygen atoms in total. The van der Waals surface area contributed by atoms with E-state index in [4.69, 9.17) is 9.47 Å². The number of benzene rings is 1. The molecular formula is C16H22O3. The topological polar surface area (TPSA) is 35.5 Å². The standard InChI is InChI=1S/C16H22O3/c1-5-13(15(17)18-4)16(9-19-10-16)14-8-11(2)6-7-12(14)3/h6-8,13H,5,9-10H2,1-4H3. The van der Waals surface area contributed by atoms with Crippen LogP contribution in [0.4, 0.5) is 0 Å². The minimum Gasteiger partial charge on any atom is -0.469 e. The molecule has 3 heteroatoms. The fraction of sp³-hybridized carbons (Fsp3) is 0.562. The summed E-state index contributed by atoms with van der Waals surface area (Å²) >= 11 is 0. The minimum absolute atomic E-state index is 0.133. The van der Waals surface area contributed by atoms with Crippen LogP contribution in [-0.4, -0.2) is 26.3 Å². The van der Waals surface area contributed by atoms with Crippen molar-refractivity contribution < 1.29 is 14.3 Å². The van der Waals surface area contributed by atoms with Gasteiger partial charge in [-0.05, 0) is 31.4 Å². The van der Waals surface area contributed by atoms with Crippen LogP contribution in [0.5, 0.6) is 0 Å². The number of aryl methyl sites for hydroxylation is 2. The molecule has 1 fully saturated rings. The third-order valence-corrected chi connectivity index (χ3v) is 4.21. The van der Waals surface area contributed by atoms with Crippen LogP contribution in [0, 0.1) is 19.8 Å². The van der Waals surface area contributed by atoms with Gasteiger partial charge in [-0.25, -0.2) is 0 Å². The van der Waals surface area contributed by atoms with E-state index >= 15 is 0 Å². The molecule has 0 radical (unpaired) electrons. The average molecular weight is 262 g/mol. The maximum absolute atomic E-state index is 12.1. The zero-order chi connectivity index (χ0) is 14.0. The summed E-state index contributed by atoms with van der Waals surface area (Å²) in [6, 6.07) is 6.41. The number of hydrogen-bond donors (Lipinski definition) is 0. The average Bonchev–Trinajstić information content (AvgIpc) is 2.36. The molecule has 1 aromatic rings. The SMILES string of the molecule is CCC(C(=O)OC)C1(c2cc(C)ccc2C)COC1. The van der Waals surface area contributed by atoms with E-state index in [1.165, 1.54) is 23.8 Å². The summed E-state index contributed by atoms with van der Waals surface area (Å²) in [7, 11) is 1.46. The van der Waals surface area contributed by atoms with Gasteiger partial charge >= 0.3 is 5.97 Å². The van der Waals surface area contributed by atoms with Gasteiger partial charge in [0.1, 0.15) is 0 Å². The first-order valence-electron chi connectivity index (χ1n) is 6.78. The van der Waals surface area contributed by atoms with Crippen molar-refractivity contribution >= 4 is 5.97 Å². The van der Waals surface area contributed by atoms with E-state index in [1.54, 1.807) is 0 Å². The lowest BCUT2D eigenvalue weighted by atomic mass is 9.66. The van der Waals surface area contributed by atoms with Crippen molar-refractivity contribution in [3.63, 3.8) is 0 Å². The van der Waals surface area contributed by atoms with Gasteiger partial charge in [-0.3, -0.25) is 4.79 Å². The first-order valence-corrected chi connectivity index (χ1v) is 6.78. The molecule has 0 spiro atoms. The fourth-order valence-electron chi connectivity index (χ4n) is 3.06. The summed E-state index contributed by atoms with van der Waals surface area (Å²) in [6.45, 7) is 7.41. The second kappa shape index (κ2) is 5.33. The summed E-state index contributed by atoms with van der Waals surface area (Å²) in [4.78, 5) is 12.1. The van der Waals surface area contributed by atoms with Crippen molar-refractivity contribution in [2.24, 2.45) is 5.92 Å². The molecule has 1 saturated heterocycles. The molecular weight excluding hydrogens is 240 g/mol. The number of rotatable bonds is 4. The Morgan fingerprint density at radius 2 is 2.11 bits per heavy atom. The summed E-state index contributed by atoms with van der Waals surface area (Å²) in [5, 5.41) is 0. The van der Waals surface area contributed by atoms with Gasteiger partial charge in [0.2, 0.25) is 0 Å². The Bertz CT molecular complexity index is 475. The second-order valence-corrected chi connectivity index (χ2v) is 5.45. The van der Waals surface area contributed by atoms with Crippen LogP contribution >= 0.6 is 0 Å². The van der Waals surface area contributed by atoms with E-state index in [-0.39, 0.29) is 17.3 Å². The van der Waals surface area contributed by atoms with Crippen LogP contribution in [0.15, 0.2) is 18.2 Å². The first kappa shape index (κ1) is 14.1. The van der Waals surface area contributed by atoms with Crippen LogP contribution in [0.1, 0.15) is 30.0 Å². The second-order valence-electron chi connectivity index (χ2n) is 5.45. The summed E-state index contributed by atoms with van der Waals surface area (Å²) in [6.07, 6.45) is 0.767. The van der Waals surface area contributed by atoms with E-state index in [0.29, 0.717) is 13.2 Å². The van der Waals surface area contributed by atoms with Crippen molar-refractivity contribution in [1.29, 1.82) is 0 Å². The predicted molar refractivity (Wildman–Crippen MR) is 74.2 cm³/mol. The largest absolute Gasteiger partial charge is 0.469 e. The minimum atomic E-state index is -0.210. The summed E-state index contributed by atoms with van der Waals surface area (Å²) in [5.41, 5.74) is 3.46. The lowest BCUT2D eigenvalue weighted by Crippen LogP contribution is -2.55. The molecule has 0 amide bonds. The van der Waals surface area contributed by atoms with Crippen molar-refractivity contribution in [2.75, 3.05) is 20.3 Å². The van der Waals surface area contributed by atoms with Crippen LogP contribution in [0.2, 0.25) is 0 Å². The Labute approximate surface area is 114 Å². The van der Waals surface area contributed by atoms with E-state index < -0.39 is 0 Å². The molecule has 0 aliphatic carbocycles. The highest BCUT2D eigenvalue weighted by Gasteiger charge is 2.50. The van der Waals surface area contributed by atoms with Gasteiger partial charge in [-0.1, -0.05) is 30.7 Å². The molecule has 2 rings (SSSR count). The molecule has 19 heavy (non-hydrogen) atoms. The smallest absolute Gasteiger partial charge is 0.309 e. The van der Waals surface area contributed by atoms with E-state index in [9.17, 15) is 4.79 Å². The van der Waals surface area contributed by atoms with Gasteiger partial charge in [0.05, 0.1) is 31.7 Å². The van der Waals surface area contributed by atoms with Crippen molar-refractivity contribution in [3.8, 4) is 0 Å². The molecule has 1 unspecified atom stereocenters. The van der Waals surface area contributed by atoms with Gasteiger partial charge in [-0.15, -0.1) is 0 Å². The molecule has 1 aliphatic rings. The third kappa shape index (κ3) is 2.27. The van der Waals surface area contributed by atoms with Gasteiger partial charge in [0.25, 0.3) is 0 Å². The normalized spacial score (nSPS) is 18.5. The fourth-order valence-corrected chi connectivity index (χ4v) is 3.06. The molecule has 1 aromatic carbocycles. The van der Waals surface area contributed by atoms with Crippen LogP contribution in [-0.2, 0) is 19.7 Å². The molecule has 0 N–H and O–H groups in total.